The molecular weight excluding hydrogens is 599 g/mol. The number of hydrogen-bond acceptors (Lipinski definition) is 2. The van der Waals surface area contributed by atoms with E-state index in [0.29, 0.717) is 23.0 Å². The molecule has 0 fully saturated rings. The fourth-order valence-corrected chi connectivity index (χ4v) is 7.09. The molecule has 49 heavy (non-hydrogen) atoms. The molecule has 0 amide bonds. The summed E-state index contributed by atoms with van der Waals surface area (Å²) in [6.07, 6.45) is 8.27. The predicted octanol–water partition coefficient (Wildman–Crippen LogP) is 11.2. The summed E-state index contributed by atoms with van der Waals surface area (Å²) in [6, 6.07) is 25.8. The molecule has 8 rings (SSSR count). The van der Waals surface area contributed by atoms with Crippen molar-refractivity contribution in [2.45, 2.75) is 53.6 Å². The van der Waals surface area contributed by atoms with Crippen LogP contribution < -0.4 is 4.57 Å². The van der Waals surface area contributed by atoms with Crippen molar-refractivity contribution in [3.63, 3.8) is 0 Å². The average Bonchev–Trinajstić information content (AvgIpc) is 3.54. The molecule has 4 aromatic carbocycles. The summed E-state index contributed by atoms with van der Waals surface area (Å²) >= 11 is 0. The van der Waals surface area contributed by atoms with E-state index < -0.39 is 26.4 Å². The van der Waals surface area contributed by atoms with Crippen LogP contribution in [0.5, 0.6) is 0 Å². The molecule has 0 bridgehead atoms. The summed E-state index contributed by atoms with van der Waals surface area (Å²) in [4.78, 5) is 4.42. The molecule has 4 heteroatoms. The lowest BCUT2D eigenvalue weighted by Gasteiger charge is -2.15. The van der Waals surface area contributed by atoms with Crippen LogP contribution in [0.2, 0.25) is 0 Å². The Morgan fingerprint density at radius 3 is 2.49 bits per heavy atom. The number of aryl methyl sites for hydroxylation is 5. The van der Waals surface area contributed by atoms with Crippen molar-refractivity contribution in [1.29, 1.82) is 0 Å². The van der Waals surface area contributed by atoms with Crippen molar-refractivity contribution < 1.29 is 22.7 Å². The van der Waals surface area contributed by atoms with E-state index in [-0.39, 0.29) is 22.5 Å². The number of aromatic nitrogens is 3. The van der Waals surface area contributed by atoms with E-state index in [1.165, 1.54) is 12.1 Å². The van der Waals surface area contributed by atoms with Crippen LogP contribution in [-0.4, -0.2) is 9.55 Å². The number of allylic oxidation sites excluding steroid dienone is 6. The van der Waals surface area contributed by atoms with E-state index in [9.17, 15) is 1.37 Å². The zero-order chi connectivity index (χ0) is 42.4. The lowest BCUT2D eigenvalue weighted by molar-refractivity contribution is -0.633. The van der Waals surface area contributed by atoms with Crippen molar-refractivity contribution in [2.75, 3.05) is 0 Å². The predicted molar refractivity (Wildman–Crippen MR) is 204 cm³/mol. The highest BCUT2D eigenvalue weighted by Gasteiger charge is 2.32. The second-order valence-corrected chi connectivity index (χ2v) is 12.9. The van der Waals surface area contributed by atoms with Gasteiger partial charge in [0.2, 0.25) is 5.71 Å². The Bertz CT molecular complexity index is 2900. The summed E-state index contributed by atoms with van der Waals surface area (Å²) < 4.78 is 91.9. The summed E-state index contributed by atoms with van der Waals surface area (Å²) in [5, 5.41) is 1.51. The van der Waals surface area contributed by atoms with Crippen LogP contribution in [0.3, 0.4) is 0 Å². The van der Waals surface area contributed by atoms with Gasteiger partial charge in [0, 0.05) is 35.7 Å². The molecule has 1 aliphatic rings. The maximum Gasteiger partial charge on any atom is 0.298 e. The maximum atomic E-state index is 9.47. The van der Waals surface area contributed by atoms with Crippen LogP contribution in [0.25, 0.3) is 61.3 Å². The molecular formula is C45H42N3O+. The van der Waals surface area contributed by atoms with E-state index >= 15 is 0 Å². The van der Waals surface area contributed by atoms with Crippen molar-refractivity contribution in [3.05, 3.63) is 148 Å². The van der Waals surface area contributed by atoms with Crippen LogP contribution in [0.1, 0.15) is 78.9 Å². The largest absolute Gasteiger partial charge is 0.437 e. The van der Waals surface area contributed by atoms with Gasteiger partial charge in [0.25, 0.3) is 5.82 Å². The Morgan fingerprint density at radius 2 is 1.69 bits per heavy atom. The van der Waals surface area contributed by atoms with Gasteiger partial charge < -0.3 is 4.42 Å². The van der Waals surface area contributed by atoms with Gasteiger partial charge >= 0.3 is 0 Å². The minimum absolute atomic E-state index is 0.0197. The SMILES string of the molecule is [2H]C([2H])([2H])c1cc(C2=CC=C(c3ccc(-n4c(-c5c(C)ccc6c5oc5nc(C([2H])([2H])[2H])ccc56)[n+](C)c5ccccc54)c(C([2H])(C)C)c3)C=CC2)cc(C([2H])([2H])[2H])c1. The van der Waals surface area contributed by atoms with Gasteiger partial charge in [-0.1, -0.05) is 97.8 Å². The summed E-state index contributed by atoms with van der Waals surface area (Å²) in [7, 11) is 2.00. The lowest BCUT2D eigenvalue weighted by Crippen LogP contribution is -2.30. The Hall–Kier alpha value is -5.48. The van der Waals surface area contributed by atoms with Gasteiger partial charge in [-0.2, -0.15) is 4.57 Å². The first-order valence-electron chi connectivity index (χ1n) is 21.3. The summed E-state index contributed by atoms with van der Waals surface area (Å²) in [5.41, 5.74) is 8.95. The highest BCUT2D eigenvalue weighted by atomic mass is 16.3. The van der Waals surface area contributed by atoms with Crippen molar-refractivity contribution in [2.24, 2.45) is 7.05 Å². The third-order valence-electron chi connectivity index (χ3n) is 9.46. The molecule has 242 valence electrons. The van der Waals surface area contributed by atoms with E-state index in [1.807, 2.05) is 107 Å². The number of rotatable bonds is 5. The Kier molecular flexibility index (Phi) is 5.21. The van der Waals surface area contributed by atoms with E-state index in [2.05, 4.69) is 14.1 Å². The number of para-hydroxylation sites is 2. The smallest absolute Gasteiger partial charge is 0.298 e. The zero-order valence-corrected chi connectivity index (χ0v) is 27.8. The highest BCUT2D eigenvalue weighted by Crippen LogP contribution is 2.40. The maximum absolute atomic E-state index is 9.47. The third-order valence-corrected chi connectivity index (χ3v) is 9.46. The van der Waals surface area contributed by atoms with Gasteiger partial charge in [0.15, 0.2) is 16.6 Å². The molecule has 0 unspecified atom stereocenters. The minimum Gasteiger partial charge on any atom is -0.437 e. The topological polar surface area (TPSA) is 34.8 Å². The lowest BCUT2D eigenvalue weighted by atomic mass is 9.94. The van der Waals surface area contributed by atoms with E-state index in [1.54, 1.807) is 18.2 Å². The highest BCUT2D eigenvalue weighted by molar-refractivity contribution is 6.09. The minimum atomic E-state index is -2.47. The van der Waals surface area contributed by atoms with Gasteiger partial charge in [-0.15, -0.1) is 0 Å². The Morgan fingerprint density at radius 1 is 0.878 bits per heavy atom. The first-order chi connectivity index (χ1) is 27.6. The number of nitrogens with zero attached hydrogens (tertiary/aromatic N) is 3. The van der Waals surface area contributed by atoms with Crippen LogP contribution in [0.15, 0.2) is 114 Å². The van der Waals surface area contributed by atoms with Gasteiger partial charge in [0.1, 0.15) is 11.3 Å². The van der Waals surface area contributed by atoms with Crippen LogP contribution in [-0.2, 0) is 7.05 Å². The van der Waals surface area contributed by atoms with E-state index in [0.717, 1.165) is 61.3 Å². The van der Waals surface area contributed by atoms with Gasteiger partial charge in [-0.05, 0) is 104 Å². The van der Waals surface area contributed by atoms with Gasteiger partial charge in [-0.25, -0.2) is 9.55 Å². The molecule has 0 spiro atoms. The van der Waals surface area contributed by atoms with Gasteiger partial charge in [-0.3, -0.25) is 0 Å². The molecule has 0 aliphatic heterocycles. The fraction of sp³-hybridized carbons (Fsp3) is 0.200. The number of hydrogen-bond donors (Lipinski definition) is 0. The number of pyridine rings is 1. The zero-order valence-electron chi connectivity index (χ0n) is 37.8. The Labute approximate surface area is 302 Å². The quantitative estimate of drug-likeness (QED) is 0.174. The normalized spacial score (nSPS) is 17.5. The van der Waals surface area contributed by atoms with Crippen LogP contribution in [0, 0.1) is 27.5 Å². The van der Waals surface area contributed by atoms with Crippen LogP contribution in [0.4, 0.5) is 0 Å². The average molecular weight is 651 g/mol. The summed E-state index contributed by atoms with van der Waals surface area (Å²) in [6.45, 7) is -1.61. The first-order valence-corrected chi connectivity index (χ1v) is 16.3. The van der Waals surface area contributed by atoms with Crippen LogP contribution >= 0.6 is 0 Å². The Balaban J connectivity index is 1.31. The van der Waals surface area contributed by atoms with E-state index in [4.69, 9.17) is 16.8 Å². The number of furan rings is 1. The first kappa shape index (κ1) is 21.5. The molecule has 0 saturated heterocycles. The third kappa shape index (κ3) is 5.23. The summed E-state index contributed by atoms with van der Waals surface area (Å²) in [5.74, 6) is -0.264. The molecule has 3 aromatic heterocycles. The van der Waals surface area contributed by atoms with Crippen molar-refractivity contribution >= 4 is 44.2 Å². The fourth-order valence-electron chi connectivity index (χ4n) is 7.09. The molecule has 3 heterocycles. The molecule has 4 nitrogen and oxygen atoms in total. The molecule has 0 N–H and O–H groups in total. The second kappa shape index (κ2) is 11.9. The molecule has 1 aliphatic carbocycles. The van der Waals surface area contributed by atoms with Crippen molar-refractivity contribution in [1.82, 2.24) is 9.55 Å². The van der Waals surface area contributed by atoms with Gasteiger partial charge in [0.05, 0.1) is 7.05 Å². The number of fused-ring (bicyclic) bond motifs is 4. The molecule has 7 aromatic rings. The molecule has 0 atom stereocenters. The van der Waals surface area contributed by atoms with Crippen molar-refractivity contribution in [3.8, 4) is 17.1 Å². The molecule has 0 radical (unpaired) electrons. The number of imidazole rings is 1. The molecule has 0 saturated carbocycles. The number of benzene rings is 4. The second-order valence-electron chi connectivity index (χ2n) is 12.9. The monoisotopic (exact) mass is 650 g/mol. The standard InChI is InChI=1S/C45H42N3O/c1-27(2)38-26-34(32-11-10-12-33(18-17-32)35-24-28(3)23-29(4)25-35)19-22-39(38)48-41-14-9-8-13-40(41)47(7)45(48)42-30(5)15-20-36-37-21-16-31(6)46-44(37)49-43(36)42/h8-11,13-27H,12H2,1-7H3/q+1/i3D3,4D3,6D3,27D.